The van der Waals surface area contributed by atoms with E-state index in [4.69, 9.17) is 14.6 Å². The summed E-state index contributed by atoms with van der Waals surface area (Å²) in [6.45, 7) is 1.09. The van der Waals surface area contributed by atoms with Gasteiger partial charge in [-0.15, -0.1) is 10.2 Å². The molecule has 11 heteroatoms. The molecule has 29 heavy (non-hydrogen) atoms. The Labute approximate surface area is 168 Å². The number of rotatable bonds is 7. The van der Waals surface area contributed by atoms with E-state index in [1.807, 2.05) is 13.0 Å². The predicted octanol–water partition coefficient (Wildman–Crippen LogP) is 0.977. The van der Waals surface area contributed by atoms with Crippen molar-refractivity contribution in [3.8, 4) is 28.6 Å². The summed E-state index contributed by atoms with van der Waals surface area (Å²) in [5.74, 6) is 0.993. The van der Waals surface area contributed by atoms with Crippen LogP contribution in [0.1, 0.15) is 16.6 Å². The fourth-order valence-corrected chi connectivity index (χ4v) is 3.63. The van der Waals surface area contributed by atoms with E-state index in [0.717, 1.165) is 5.56 Å². The SMILES string of the molecule is COc1cccc(OC)c1-n1c(-c2cncc(C)c2)nnc1C(CO)S(N)(=O)=O. The molecule has 1 unspecified atom stereocenters. The molecule has 2 aromatic heterocycles. The Hall–Kier alpha value is -3.02. The number of hydrogen-bond acceptors (Lipinski definition) is 8. The molecular formula is C18H21N5O5S. The van der Waals surface area contributed by atoms with Gasteiger partial charge in [0.1, 0.15) is 17.2 Å². The number of aromatic nitrogens is 4. The van der Waals surface area contributed by atoms with Gasteiger partial charge in [0.2, 0.25) is 10.0 Å². The number of nitrogens with two attached hydrogens (primary N) is 1. The molecular weight excluding hydrogens is 398 g/mol. The van der Waals surface area contributed by atoms with Gasteiger partial charge in [-0.2, -0.15) is 0 Å². The smallest absolute Gasteiger partial charge is 0.221 e. The van der Waals surface area contributed by atoms with Crippen molar-refractivity contribution < 1.29 is 23.0 Å². The first-order chi connectivity index (χ1) is 13.8. The Balaban J connectivity index is 2.42. The van der Waals surface area contributed by atoms with E-state index >= 15 is 0 Å². The quantitative estimate of drug-likeness (QED) is 0.577. The third-order valence-electron chi connectivity index (χ3n) is 4.30. The molecule has 0 bridgehead atoms. The molecule has 0 spiro atoms. The van der Waals surface area contributed by atoms with Gasteiger partial charge in [-0.25, -0.2) is 13.6 Å². The lowest BCUT2D eigenvalue weighted by molar-refractivity contribution is 0.287. The van der Waals surface area contributed by atoms with Crippen LogP contribution in [0.15, 0.2) is 36.7 Å². The summed E-state index contributed by atoms with van der Waals surface area (Å²) in [7, 11) is -1.24. The van der Waals surface area contributed by atoms with Gasteiger partial charge in [-0.05, 0) is 30.7 Å². The normalized spacial score (nSPS) is 12.6. The second-order valence-corrected chi connectivity index (χ2v) is 7.99. The van der Waals surface area contributed by atoms with E-state index in [0.29, 0.717) is 28.6 Å². The first kappa shape index (κ1) is 20.7. The van der Waals surface area contributed by atoms with Crippen molar-refractivity contribution >= 4 is 10.0 Å². The van der Waals surface area contributed by atoms with Crippen molar-refractivity contribution in [2.24, 2.45) is 5.14 Å². The van der Waals surface area contributed by atoms with E-state index in [9.17, 15) is 13.5 Å². The predicted molar refractivity (Wildman–Crippen MR) is 105 cm³/mol. The number of pyridine rings is 1. The lowest BCUT2D eigenvalue weighted by Crippen LogP contribution is -2.27. The van der Waals surface area contributed by atoms with Crippen molar-refractivity contribution in [2.45, 2.75) is 12.2 Å². The van der Waals surface area contributed by atoms with E-state index in [-0.39, 0.29) is 5.82 Å². The average Bonchev–Trinajstić information content (AvgIpc) is 3.10. The summed E-state index contributed by atoms with van der Waals surface area (Å²) < 4.78 is 36.6. The largest absolute Gasteiger partial charge is 0.494 e. The summed E-state index contributed by atoms with van der Waals surface area (Å²) in [5, 5.41) is 21.8. The van der Waals surface area contributed by atoms with Gasteiger partial charge in [-0.3, -0.25) is 9.55 Å². The minimum atomic E-state index is -4.19. The van der Waals surface area contributed by atoms with Crippen LogP contribution in [0.25, 0.3) is 17.1 Å². The van der Waals surface area contributed by atoms with Crippen LogP contribution < -0.4 is 14.6 Å². The number of nitrogens with zero attached hydrogens (tertiary/aromatic N) is 4. The van der Waals surface area contributed by atoms with Gasteiger partial charge >= 0.3 is 0 Å². The summed E-state index contributed by atoms with van der Waals surface area (Å²) in [6, 6.07) is 6.92. The molecule has 0 amide bonds. The third-order valence-corrected chi connectivity index (χ3v) is 5.45. The number of hydrogen-bond donors (Lipinski definition) is 2. The lowest BCUT2D eigenvalue weighted by atomic mass is 10.2. The highest BCUT2D eigenvalue weighted by Crippen LogP contribution is 2.38. The number of benzene rings is 1. The highest BCUT2D eigenvalue weighted by Gasteiger charge is 2.33. The van der Waals surface area contributed by atoms with Crippen LogP contribution in [-0.4, -0.2) is 54.1 Å². The topological polar surface area (TPSA) is 142 Å². The number of sulfonamides is 1. The van der Waals surface area contributed by atoms with Crippen LogP contribution in [0, 0.1) is 6.92 Å². The summed E-state index contributed by atoms with van der Waals surface area (Å²) in [5.41, 5.74) is 1.83. The maximum absolute atomic E-state index is 12.1. The Morgan fingerprint density at radius 2 is 1.83 bits per heavy atom. The first-order valence-electron chi connectivity index (χ1n) is 8.53. The molecule has 1 aromatic carbocycles. The number of aliphatic hydroxyl groups excluding tert-OH is 1. The highest BCUT2D eigenvalue weighted by molar-refractivity contribution is 7.89. The highest BCUT2D eigenvalue weighted by atomic mass is 32.2. The minimum Gasteiger partial charge on any atom is -0.494 e. The summed E-state index contributed by atoms with van der Waals surface area (Å²) in [6.07, 6.45) is 3.25. The van der Waals surface area contributed by atoms with Crippen LogP contribution in [0.4, 0.5) is 0 Å². The molecule has 0 radical (unpaired) electrons. The van der Waals surface area contributed by atoms with Gasteiger partial charge in [0.15, 0.2) is 16.9 Å². The maximum Gasteiger partial charge on any atom is 0.221 e. The zero-order valence-electron chi connectivity index (χ0n) is 16.1. The number of methoxy groups -OCH3 is 2. The Morgan fingerprint density at radius 1 is 1.17 bits per heavy atom. The third kappa shape index (κ3) is 3.92. The molecule has 0 fully saturated rings. The Bertz CT molecular complexity index is 1110. The van der Waals surface area contributed by atoms with Crippen molar-refractivity contribution in [3.05, 3.63) is 48.0 Å². The molecule has 0 saturated heterocycles. The fourth-order valence-electron chi connectivity index (χ4n) is 2.97. The molecule has 10 nitrogen and oxygen atoms in total. The summed E-state index contributed by atoms with van der Waals surface area (Å²) >= 11 is 0. The molecule has 3 aromatic rings. The number of para-hydroxylation sites is 1. The summed E-state index contributed by atoms with van der Waals surface area (Å²) in [4.78, 5) is 4.17. The number of ether oxygens (including phenoxy) is 2. The molecule has 0 aliphatic carbocycles. The molecule has 154 valence electrons. The number of primary sulfonamides is 1. The van der Waals surface area contributed by atoms with E-state index < -0.39 is 21.9 Å². The van der Waals surface area contributed by atoms with Crippen molar-refractivity contribution in [1.29, 1.82) is 0 Å². The van der Waals surface area contributed by atoms with Gasteiger partial charge in [0.25, 0.3) is 0 Å². The van der Waals surface area contributed by atoms with Gasteiger partial charge in [0.05, 0.1) is 20.8 Å². The van der Waals surface area contributed by atoms with Crippen LogP contribution in [0.2, 0.25) is 0 Å². The molecule has 2 heterocycles. The van der Waals surface area contributed by atoms with E-state index in [1.165, 1.54) is 18.8 Å². The zero-order chi connectivity index (χ0) is 21.2. The number of aryl methyl sites for hydroxylation is 1. The molecule has 3 N–H and O–H groups in total. The molecule has 3 rings (SSSR count). The second kappa shape index (κ2) is 8.15. The van der Waals surface area contributed by atoms with Crippen molar-refractivity contribution in [2.75, 3.05) is 20.8 Å². The van der Waals surface area contributed by atoms with Crippen molar-refractivity contribution in [1.82, 2.24) is 19.7 Å². The van der Waals surface area contributed by atoms with Crippen molar-refractivity contribution in [3.63, 3.8) is 0 Å². The van der Waals surface area contributed by atoms with E-state index in [2.05, 4.69) is 15.2 Å². The second-order valence-electron chi connectivity index (χ2n) is 6.24. The van der Waals surface area contributed by atoms with Crippen LogP contribution >= 0.6 is 0 Å². The fraction of sp³-hybridized carbons (Fsp3) is 0.278. The monoisotopic (exact) mass is 419 g/mol. The van der Waals surface area contributed by atoms with Crippen LogP contribution in [0.3, 0.4) is 0 Å². The van der Waals surface area contributed by atoms with Gasteiger partial charge in [0, 0.05) is 18.0 Å². The molecule has 0 aliphatic heterocycles. The van der Waals surface area contributed by atoms with Gasteiger partial charge in [-0.1, -0.05) is 6.07 Å². The zero-order valence-corrected chi connectivity index (χ0v) is 16.9. The standard InChI is InChI=1S/C18H21N5O5S/c1-11-7-12(9-20-8-11)17-21-22-18(15(10-24)29(19,25)26)23(17)16-13(27-2)5-4-6-14(16)28-3/h4-9,15,24H,10H2,1-3H3,(H2,19,25,26). The maximum atomic E-state index is 12.1. The first-order valence-corrected chi connectivity index (χ1v) is 10.1. The Kier molecular flexibility index (Phi) is 5.82. The number of aliphatic hydroxyl groups is 1. The van der Waals surface area contributed by atoms with Crippen LogP contribution in [0.5, 0.6) is 11.5 Å². The molecule has 1 atom stereocenters. The molecule has 0 aliphatic rings. The lowest BCUT2D eigenvalue weighted by Gasteiger charge is -2.19. The Morgan fingerprint density at radius 3 is 2.34 bits per heavy atom. The minimum absolute atomic E-state index is 0.0747. The average molecular weight is 419 g/mol. The molecule has 0 saturated carbocycles. The van der Waals surface area contributed by atoms with E-state index in [1.54, 1.807) is 30.6 Å². The van der Waals surface area contributed by atoms with Crippen LogP contribution in [-0.2, 0) is 10.0 Å². The van der Waals surface area contributed by atoms with Gasteiger partial charge < -0.3 is 14.6 Å².